The Balaban J connectivity index is 1.53. The van der Waals surface area contributed by atoms with Crippen LogP contribution in [0.25, 0.3) is 0 Å². The SMILES string of the molecule is OC(c1ccccc1)C1CCN(Cc2ccc(F)cc2)CC1. The van der Waals surface area contributed by atoms with Gasteiger partial charge >= 0.3 is 0 Å². The van der Waals surface area contributed by atoms with Gasteiger partial charge in [0.2, 0.25) is 0 Å². The van der Waals surface area contributed by atoms with Crippen molar-refractivity contribution in [2.45, 2.75) is 25.5 Å². The normalized spacial score (nSPS) is 18.3. The van der Waals surface area contributed by atoms with Gasteiger partial charge in [0.25, 0.3) is 0 Å². The minimum absolute atomic E-state index is 0.187. The van der Waals surface area contributed by atoms with Crippen molar-refractivity contribution in [1.82, 2.24) is 4.90 Å². The van der Waals surface area contributed by atoms with Crippen molar-refractivity contribution in [3.8, 4) is 0 Å². The maximum Gasteiger partial charge on any atom is 0.123 e. The second kappa shape index (κ2) is 7.03. The summed E-state index contributed by atoms with van der Waals surface area (Å²) < 4.78 is 12.9. The van der Waals surface area contributed by atoms with Crippen molar-refractivity contribution >= 4 is 0 Å². The van der Waals surface area contributed by atoms with Gasteiger partial charge in [-0.3, -0.25) is 4.90 Å². The fourth-order valence-corrected chi connectivity index (χ4v) is 3.20. The average molecular weight is 299 g/mol. The van der Waals surface area contributed by atoms with E-state index in [1.54, 1.807) is 0 Å². The highest BCUT2D eigenvalue weighted by Crippen LogP contribution is 2.30. The third kappa shape index (κ3) is 3.73. The van der Waals surface area contributed by atoms with Gasteiger partial charge in [-0.2, -0.15) is 0 Å². The molecular weight excluding hydrogens is 277 g/mol. The fraction of sp³-hybridized carbons (Fsp3) is 0.368. The summed E-state index contributed by atoms with van der Waals surface area (Å²) in [4.78, 5) is 2.38. The van der Waals surface area contributed by atoms with Crippen LogP contribution >= 0.6 is 0 Å². The summed E-state index contributed by atoms with van der Waals surface area (Å²) in [6, 6.07) is 16.6. The van der Waals surface area contributed by atoms with Gasteiger partial charge in [-0.1, -0.05) is 42.5 Å². The van der Waals surface area contributed by atoms with Crippen LogP contribution in [0.2, 0.25) is 0 Å². The van der Waals surface area contributed by atoms with E-state index in [0.717, 1.165) is 43.6 Å². The van der Waals surface area contributed by atoms with Crippen LogP contribution < -0.4 is 0 Å². The Morgan fingerprint density at radius 3 is 2.27 bits per heavy atom. The molecule has 1 saturated heterocycles. The summed E-state index contributed by atoms with van der Waals surface area (Å²) in [5.74, 6) is 0.139. The molecular formula is C19H22FNO. The molecule has 0 aliphatic carbocycles. The molecule has 3 rings (SSSR count). The van der Waals surface area contributed by atoms with Crippen LogP contribution in [0.15, 0.2) is 54.6 Å². The molecule has 3 heteroatoms. The summed E-state index contributed by atoms with van der Waals surface area (Å²) in [6.45, 7) is 2.81. The molecule has 2 nitrogen and oxygen atoms in total. The van der Waals surface area contributed by atoms with E-state index in [9.17, 15) is 9.50 Å². The average Bonchev–Trinajstić information content (AvgIpc) is 2.58. The lowest BCUT2D eigenvalue weighted by Crippen LogP contribution is -2.35. The van der Waals surface area contributed by atoms with Crippen LogP contribution in [-0.2, 0) is 6.54 Å². The highest BCUT2D eigenvalue weighted by molar-refractivity contribution is 5.18. The smallest absolute Gasteiger partial charge is 0.123 e. The van der Waals surface area contributed by atoms with E-state index in [4.69, 9.17) is 0 Å². The molecule has 0 amide bonds. The maximum atomic E-state index is 12.9. The molecule has 1 heterocycles. The monoisotopic (exact) mass is 299 g/mol. The van der Waals surface area contributed by atoms with Gasteiger partial charge in [0.15, 0.2) is 0 Å². The van der Waals surface area contributed by atoms with E-state index in [2.05, 4.69) is 4.90 Å². The van der Waals surface area contributed by atoms with Gasteiger partial charge in [-0.15, -0.1) is 0 Å². The molecule has 1 unspecified atom stereocenters. The molecule has 0 radical (unpaired) electrons. The molecule has 22 heavy (non-hydrogen) atoms. The van der Waals surface area contributed by atoms with Gasteiger partial charge in [0.1, 0.15) is 5.82 Å². The third-order valence-electron chi connectivity index (χ3n) is 4.54. The summed E-state index contributed by atoms with van der Waals surface area (Å²) in [6.07, 6.45) is 1.63. The van der Waals surface area contributed by atoms with Crippen LogP contribution in [0.4, 0.5) is 4.39 Å². The minimum Gasteiger partial charge on any atom is -0.388 e. The number of aliphatic hydroxyl groups is 1. The predicted octanol–water partition coefficient (Wildman–Crippen LogP) is 3.77. The molecule has 1 aliphatic rings. The van der Waals surface area contributed by atoms with Crippen LogP contribution in [0.3, 0.4) is 0 Å². The Morgan fingerprint density at radius 1 is 1.00 bits per heavy atom. The number of halogens is 1. The molecule has 1 fully saturated rings. The number of rotatable bonds is 4. The Labute approximate surface area is 131 Å². The number of benzene rings is 2. The summed E-state index contributed by atoms with van der Waals surface area (Å²) in [5, 5.41) is 10.5. The first-order chi connectivity index (χ1) is 10.7. The van der Waals surface area contributed by atoms with Gasteiger partial charge < -0.3 is 5.11 Å². The summed E-state index contributed by atoms with van der Waals surface area (Å²) in [5.41, 5.74) is 2.16. The highest BCUT2D eigenvalue weighted by Gasteiger charge is 2.26. The predicted molar refractivity (Wildman–Crippen MR) is 85.8 cm³/mol. The zero-order valence-electron chi connectivity index (χ0n) is 12.7. The van der Waals surface area contributed by atoms with Gasteiger partial charge in [0, 0.05) is 6.54 Å². The van der Waals surface area contributed by atoms with E-state index >= 15 is 0 Å². The first-order valence-electron chi connectivity index (χ1n) is 7.92. The van der Waals surface area contributed by atoms with Crippen LogP contribution in [0, 0.1) is 11.7 Å². The lowest BCUT2D eigenvalue weighted by atomic mass is 9.87. The Morgan fingerprint density at radius 2 is 1.64 bits per heavy atom. The first-order valence-corrected chi connectivity index (χ1v) is 7.92. The molecule has 0 spiro atoms. The molecule has 2 aromatic carbocycles. The zero-order valence-corrected chi connectivity index (χ0v) is 12.7. The Bertz CT molecular complexity index is 576. The van der Waals surface area contributed by atoms with E-state index in [-0.39, 0.29) is 11.9 Å². The van der Waals surface area contributed by atoms with Crippen LogP contribution in [-0.4, -0.2) is 23.1 Å². The second-order valence-electron chi connectivity index (χ2n) is 6.10. The number of likely N-dealkylation sites (tertiary alicyclic amines) is 1. The quantitative estimate of drug-likeness (QED) is 0.929. The number of piperidine rings is 1. The number of hydrogen-bond donors (Lipinski definition) is 1. The van der Waals surface area contributed by atoms with Crippen molar-refractivity contribution in [2.24, 2.45) is 5.92 Å². The largest absolute Gasteiger partial charge is 0.388 e. The fourth-order valence-electron chi connectivity index (χ4n) is 3.20. The van der Waals surface area contributed by atoms with E-state index < -0.39 is 0 Å². The van der Waals surface area contributed by atoms with Crippen molar-refractivity contribution < 1.29 is 9.50 Å². The van der Waals surface area contributed by atoms with Gasteiger partial charge in [0.05, 0.1) is 6.10 Å². The van der Waals surface area contributed by atoms with Gasteiger partial charge in [-0.25, -0.2) is 4.39 Å². The first kappa shape index (κ1) is 15.2. The standard InChI is InChI=1S/C19H22FNO/c20-18-8-6-15(7-9-18)14-21-12-10-17(11-13-21)19(22)16-4-2-1-3-5-16/h1-9,17,19,22H,10-14H2. The lowest BCUT2D eigenvalue weighted by molar-refractivity contribution is 0.0568. The number of nitrogens with zero attached hydrogens (tertiary/aromatic N) is 1. The van der Waals surface area contributed by atoms with Crippen molar-refractivity contribution in [3.05, 3.63) is 71.5 Å². The van der Waals surface area contributed by atoms with E-state index in [1.807, 2.05) is 42.5 Å². The molecule has 2 aromatic rings. The highest BCUT2D eigenvalue weighted by atomic mass is 19.1. The maximum absolute atomic E-state index is 12.9. The zero-order chi connectivity index (χ0) is 15.4. The lowest BCUT2D eigenvalue weighted by Gasteiger charge is -2.34. The van der Waals surface area contributed by atoms with Gasteiger partial charge in [-0.05, 0) is 55.1 Å². The van der Waals surface area contributed by atoms with Crippen molar-refractivity contribution in [2.75, 3.05) is 13.1 Å². The molecule has 0 saturated carbocycles. The second-order valence-corrected chi connectivity index (χ2v) is 6.10. The number of hydrogen-bond acceptors (Lipinski definition) is 2. The summed E-state index contributed by atoms with van der Waals surface area (Å²) >= 11 is 0. The van der Waals surface area contributed by atoms with Crippen molar-refractivity contribution in [1.29, 1.82) is 0 Å². The van der Waals surface area contributed by atoms with Crippen LogP contribution in [0.1, 0.15) is 30.1 Å². The molecule has 0 aromatic heterocycles. The Hall–Kier alpha value is -1.71. The molecule has 1 aliphatic heterocycles. The molecule has 0 bridgehead atoms. The van der Waals surface area contributed by atoms with Crippen LogP contribution in [0.5, 0.6) is 0 Å². The number of aliphatic hydroxyl groups excluding tert-OH is 1. The van der Waals surface area contributed by atoms with E-state index in [0.29, 0.717) is 5.92 Å². The van der Waals surface area contributed by atoms with E-state index in [1.165, 1.54) is 12.1 Å². The molecule has 1 atom stereocenters. The topological polar surface area (TPSA) is 23.5 Å². The summed E-state index contributed by atoms with van der Waals surface area (Å²) in [7, 11) is 0. The third-order valence-corrected chi connectivity index (χ3v) is 4.54. The van der Waals surface area contributed by atoms with Crippen molar-refractivity contribution in [3.63, 3.8) is 0 Å². The Kier molecular flexibility index (Phi) is 4.86. The minimum atomic E-state index is -0.367. The molecule has 116 valence electrons. The molecule has 1 N–H and O–H groups in total.